The van der Waals surface area contributed by atoms with Gasteiger partial charge in [0.25, 0.3) is 0 Å². The van der Waals surface area contributed by atoms with Crippen molar-refractivity contribution in [2.24, 2.45) is 23.0 Å². The fraction of sp³-hybridized carbons (Fsp3) is 0.571. The SMILES string of the molecule is CC1=CC(C(N)=O)=CC(C)C1(C(=O)O)C1CCN(Cc2cc(OC(C)C)cc(OC(C)C)c2)CC1. The highest BCUT2D eigenvalue weighted by Crippen LogP contribution is 2.50. The molecule has 3 rings (SSSR count). The Labute approximate surface area is 209 Å². The lowest BCUT2D eigenvalue weighted by atomic mass is 9.58. The van der Waals surface area contributed by atoms with Crippen LogP contribution >= 0.6 is 0 Å². The lowest BCUT2D eigenvalue weighted by Crippen LogP contribution is -2.50. The molecule has 192 valence electrons. The summed E-state index contributed by atoms with van der Waals surface area (Å²) in [4.78, 5) is 26.7. The smallest absolute Gasteiger partial charge is 0.314 e. The Bertz CT molecular complexity index is 976. The van der Waals surface area contributed by atoms with Crippen LogP contribution in [0.15, 0.2) is 41.5 Å². The van der Waals surface area contributed by atoms with Gasteiger partial charge in [-0.2, -0.15) is 0 Å². The Hall–Kier alpha value is -2.80. The minimum Gasteiger partial charge on any atom is -0.491 e. The summed E-state index contributed by atoms with van der Waals surface area (Å²) in [5.74, 6) is -0.0999. The monoisotopic (exact) mass is 484 g/mol. The number of nitrogens with two attached hydrogens (primary N) is 1. The van der Waals surface area contributed by atoms with E-state index in [1.807, 2.05) is 47.6 Å². The molecule has 1 aliphatic carbocycles. The van der Waals surface area contributed by atoms with Gasteiger partial charge in [-0.3, -0.25) is 14.5 Å². The highest BCUT2D eigenvalue weighted by atomic mass is 16.5. The highest BCUT2D eigenvalue weighted by Gasteiger charge is 2.52. The van der Waals surface area contributed by atoms with E-state index in [2.05, 4.69) is 17.0 Å². The van der Waals surface area contributed by atoms with Gasteiger partial charge >= 0.3 is 5.97 Å². The molecule has 3 N–H and O–H groups in total. The Balaban J connectivity index is 1.75. The second-order valence-corrected chi connectivity index (χ2v) is 10.5. The molecule has 1 saturated heterocycles. The quantitative estimate of drug-likeness (QED) is 0.533. The number of aliphatic carboxylic acids is 1. The molecule has 1 heterocycles. The summed E-state index contributed by atoms with van der Waals surface area (Å²) in [6.07, 6.45) is 5.06. The van der Waals surface area contributed by atoms with Crippen LogP contribution in [0.3, 0.4) is 0 Å². The molecule has 2 unspecified atom stereocenters. The number of rotatable bonds is 9. The zero-order valence-electron chi connectivity index (χ0n) is 21.8. The lowest BCUT2D eigenvalue weighted by Gasteiger charge is -2.47. The third-order valence-corrected chi connectivity index (χ3v) is 7.13. The average molecular weight is 485 g/mol. The highest BCUT2D eigenvalue weighted by molar-refractivity contribution is 5.96. The molecule has 0 saturated carbocycles. The van der Waals surface area contributed by atoms with E-state index < -0.39 is 17.3 Å². The number of ether oxygens (including phenoxy) is 2. The molecular formula is C28H40N2O5. The topological polar surface area (TPSA) is 102 Å². The number of primary amides is 1. The van der Waals surface area contributed by atoms with E-state index in [9.17, 15) is 14.7 Å². The number of carbonyl (C=O) groups is 2. The molecule has 1 aromatic carbocycles. The van der Waals surface area contributed by atoms with Crippen LogP contribution in [-0.2, 0) is 16.1 Å². The third kappa shape index (κ3) is 5.89. The van der Waals surface area contributed by atoms with E-state index in [1.165, 1.54) is 0 Å². The van der Waals surface area contributed by atoms with Crippen molar-refractivity contribution in [2.45, 2.75) is 73.1 Å². The molecule has 2 aliphatic rings. The number of piperidine rings is 1. The molecule has 35 heavy (non-hydrogen) atoms. The lowest BCUT2D eigenvalue weighted by molar-refractivity contribution is -0.153. The van der Waals surface area contributed by atoms with Crippen molar-refractivity contribution in [1.29, 1.82) is 0 Å². The van der Waals surface area contributed by atoms with Crippen LogP contribution in [0.5, 0.6) is 11.5 Å². The number of benzene rings is 1. The summed E-state index contributed by atoms with van der Waals surface area (Å²) in [5.41, 5.74) is 6.67. The number of likely N-dealkylation sites (tertiary alicyclic amines) is 1. The molecule has 0 aromatic heterocycles. The van der Waals surface area contributed by atoms with Gasteiger partial charge in [-0.15, -0.1) is 0 Å². The molecule has 0 radical (unpaired) electrons. The fourth-order valence-corrected chi connectivity index (χ4v) is 5.75. The normalized spacial score (nSPS) is 23.7. The Morgan fingerprint density at radius 2 is 1.63 bits per heavy atom. The van der Waals surface area contributed by atoms with E-state index in [4.69, 9.17) is 15.2 Å². The summed E-state index contributed by atoms with van der Waals surface area (Å²) in [6, 6.07) is 6.05. The summed E-state index contributed by atoms with van der Waals surface area (Å²) in [6.45, 7) is 14.0. The van der Waals surface area contributed by atoms with E-state index >= 15 is 0 Å². The first-order valence-electron chi connectivity index (χ1n) is 12.6. The second-order valence-electron chi connectivity index (χ2n) is 10.5. The first-order valence-corrected chi connectivity index (χ1v) is 12.6. The van der Waals surface area contributed by atoms with Crippen molar-refractivity contribution in [2.75, 3.05) is 13.1 Å². The summed E-state index contributed by atoms with van der Waals surface area (Å²) in [7, 11) is 0. The van der Waals surface area contributed by atoms with Crippen LogP contribution in [-0.4, -0.2) is 47.2 Å². The molecule has 2 atom stereocenters. The number of nitrogens with zero attached hydrogens (tertiary/aromatic N) is 1. The van der Waals surface area contributed by atoms with Crippen LogP contribution < -0.4 is 15.2 Å². The number of amides is 1. The van der Waals surface area contributed by atoms with Crippen molar-refractivity contribution in [3.05, 3.63) is 47.1 Å². The minimum atomic E-state index is -1.02. The third-order valence-electron chi connectivity index (χ3n) is 7.13. The van der Waals surface area contributed by atoms with Crippen LogP contribution in [0.25, 0.3) is 0 Å². The van der Waals surface area contributed by atoms with Gasteiger partial charge in [0.05, 0.1) is 17.6 Å². The van der Waals surface area contributed by atoms with Gasteiger partial charge in [-0.05, 0) is 96.2 Å². The van der Waals surface area contributed by atoms with Gasteiger partial charge in [0, 0.05) is 18.2 Å². The van der Waals surface area contributed by atoms with E-state index in [1.54, 1.807) is 12.2 Å². The molecule has 7 nitrogen and oxygen atoms in total. The maximum absolute atomic E-state index is 12.7. The number of carboxylic acid groups (broad SMARTS) is 1. The van der Waals surface area contributed by atoms with Gasteiger partial charge in [-0.25, -0.2) is 0 Å². The summed E-state index contributed by atoms with van der Waals surface area (Å²) in [5, 5.41) is 10.4. The Kier molecular flexibility index (Phi) is 8.31. The van der Waals surface area contributed by atoms with Gasteiger partial charge in [-0.1, -0.05) is 18.6 Å². The number of carboxylic acids is 1. The van der Waals surface area contributed by atoms with Crippen molar-refractivity contribution < 1.29 is 24.2 Å². The maximum Gasteiger partial charge on any atom is 0.314 e. The fourth-order valence-electron chi connectivity index (χ4n) is 5.75. The first kappa shape index (κ1) is 26.8. The number of hydrogen-bond donors (Lipinski definition) is 2. The summed E-state index contributed by atoms with van der Waals surface area (Å²) < 4.78 is 11.9. The Morgan fingerprint density at radius 3 is 2.06 bits per heavy atom. The molecule has 1 amide bonds. The van der Waals surface area contributed by atoms with Crippen molar-refractivity contribution >= 4 is 11.9 Å². The minimum absolute atomic E-state index is 0.0244. The van der Waals surface area contributed by atoms with Crippen LogP contribution in [0, 0.1) is 17.3 Å². The average Bonchev–Trinajstić information content (AvgIpc) is 2.73. The predicted molar refractivity (Wildman–Crippen MR) is 136 cm³/mol. The number of allylic oxidation sites excluding steroid dienone is 1. The predicted octanol–water partition coefficient (Wildman–Crippen LogP) is 4.55. The zero-order valence-corrected chi connectivity index (χ0v) is 21.8. The van der Waals surface area contributed by atoms with E-state index in [0.29, 0.717) is 11.1 Å². The van der Waals surface area contributed by atoms with E-state index in [-0.39, 0.29) is 24.0 Å². The summed E-state index contributed by atoms with van der Waals surface area (Å²) >= 11 is 0. The van der Waals surface area contributed by atoms with Crippen molar-refractivity contribution in [1.82, 2.24) is 4.90 Å². The molecular weight excluding hydrogens is 444 g/mol. The van der Waals surface area contributed by atoms with Crippen molar-refractivity contribution in [3.8, 4) is 11.5 Å². The molecule has 0 bridgehead atoms. The second kappa shape index (κ2) is 10.9. The number of carbonyl (C=O) groups excluding carboxylic acids is 1. The maximum atomic E-state index is 12.7. The van der Waals surface area contributed by atoms with E-state index in [0.717, 1.165) is 49.5 Å². The van der Waals surface area contributed by atoms with Crippen LogP contribution in [0.2, 0.25) is 0 Å². The van der Waals surface area contributed by atoms with Crippen molar-refractivity contribution in [3.63, 3.8) is 0 Å². The van der Waals surface area contributed by atoms with Gasteiger partial charge in [0.1, 0.15) is 11.5 Å². The van der Waals surface area contributed by atoms with Crippen LogP contribution in [0.1, 0.15) is 59.9 Å². The molecule has 1 aliphatic heterocycles. The van der Waals surface area contributed by atoms with Gasteiger partial charge in [0.2, 0.25) is 5.91 Å². The molecule has 1 aromatic rings. The molecule has 7 heteroatoms. The number of hydrogen-bond acceptors (Lipinski definition) is 5. The zero-order chi connectivity index (χ0) is 25.9. The first-order chi connectivity index (χ1) is 16.4. The van der Waals surface area contributed by atoms with Gasteiger partial charge < -0.3 is 20.3 Å². The largest absolute Gasteiger partial charge is 0.491 e. The molecule has 0 spiro atoms. The van der Waals surface area contributed by atoms with Crippen LogP contribution in [0.4, 0.5) is 0 Å². The Morgan fingerprint density at radius 1 is 1.09 bits per heavy atom. The van der Waals surface area contributed by atoms with Gasteiger partial charge in [0.15, 0.2) is 0 Å². The standard InChI is InChI=1S/C28H40N2O5/c1-17(2)34-24-13-21(14-25(15-24)35-18(3)4)16-30-9-7-23(8-10-30)28(27(32)33)19(5)11-22(26(29)31)12-20(28)6/h11-15,17-19,23H,7-10,16H2,1-6H3,(H2,29,31)(H,32,33). The molecule has 1 fully saturated rings.